The van der Waals surface area contributed by atoms with Gasteiger partial charge in [0.1, 0.15) is 5.76 Å². The van der Waals surface area contributed by atoms with Crippen LogP contribution in [0.1, 0.15) is 18.6 Å². The van der Waals surface area contributed by atoms with Gasteiger partial charge in [-0.25, -0.2) is 17.5 Å². The van der Waals surface area contributed by atoms with Crippen molar-refractivity contribution in [2.75, 3.05) is 24.7 Å². The number of anilines is 1. The van der Waals surface area contributed by atoms with Crippen LogP contribution in [-0.4, -0.2) is 49.3 Å². The summed E-state index contributed by atoms with van der Waals surface area (Å²) in [6.45, 7) is 2.52. The molecule has 2 amide bonds. The molecule has 1 fully saturated rings. The zero-order valence-corrected chi connectivity index (χ0v) is 12.2. The van der Waals surface area contributed by atoms with Gasteiger partial charge in [0.2, 0.25) is 10.0 Å². The Morgan fingerprint density at radius 2 is 2.30 bits per heavy atom. The fourth-order valence-electron chi connectivity index (χ4n) is 2.12. The van der Waals surface area contributed by atoms with E-state index in [1.54, 1.807) is 13.0 Å². The van der Waals surface area contributed by atoms with E-state index in [-0.39, 0.29) is 6.04 Å². The molecule has 0 bridgehead atoms. The summed E-state index contributed by atoms with van der Waals surface area (Å²) in [6.07, 6.45) is 2.64. The maximum absolute atomic E-state index is 11.8. The maximum Gasteiger partial charge on any atom is 0.320 e. The molecule has 2 N–H and O–H groups in total. The minimum absolute atomic E-state index is 0.202. The highest BCUT2D eigenvalue weighted by Crippen LogP contribution is 2.13. The third-order valence-corrected chi connectivity index (χ3v) is 4.33. The maximum atomic E-state index is 11.8. The Morgan fingerprint density at radius 1 is 1.55 bits per heavy atom. The predicted octanol–water partition coefficient (Wildman–Crippen LogP) is 0.529. The Labute approximate surface area is 117 Å². The van der Waals surface area contributed by atoms with E-state index in [9.17, 15) is 13.2 Å². The van der Waals surface area contributed by atoms with Crippen molar-refractivity contribution in [3.63, 3.8) is 0 Å². The normalized spacial score (nSPS) is 20.6. The first kappa shape index (κ1) is 14.8. The lowest BCUT2D eigenvalue weighted by atomic mass is 10.1. The van der Waals surface area contributed by atoms with Crippen molar-refractivity contribution in [3.05, 3.63) is 11.8 Å². The molecule has 1 aromatic rings. The van der Waals surface area contributed by atoms with Crippen LogP contribution in [0.3, 0.4) is 0 Å². The average molecular weight is 302 g/mol. The molecule has 9 heteroatoms. The molecule has 0 radical (unpaired) electrons. The lowest BCUT2D eigenvalue weighted by Gasteiger charge is -2.31. The summed E-state index contributed by atoms with van der Waals surface area (Å²) in [5.41, 5.74) is 0. The second-order valence-corrected chi connectivity index (χ2v) is 6.86. The van der Waals surface area contributed by atoms with Crippen LogP contribution in [0.2, 0.25) is 0 Å². The molecule has 1 aromatic heterocycles. The fraction of sp³-hybridized carbons (Fsp3) is 0.636. The number of hydrogen-bond donors (Lipinski definition) is 2. The van der Waals surface area contributed by atoms with Gasteiger partial charge in [0.15, 0.2) is 5.82 Å². The monoisotopic (exact) mass is 302 g/mol. The van der Waals surface area contributed by atoms with Crippen LogP contribution >= 0.6 is 0 Å². The molecule has 0 unspecified atom stereocenters. The number of carbonyl (C=O) groups excluding carboxylic acids is 1. The molecule has 0 aromatic carbocycles. The van der Waals surface area contributed by atoms with Crippen molar-refractivity contribution >= 4 is 21.9 Å². The van der Waals surface area contributed by atoms with Gasteiger partial charge in [-0.3, -0.25) is 5.32 Å². The van der Waals surface area contributed by atoms with Crippen molar-refractivity contribution in [1.82, 2.24) is 14.8 Å². The van der Waals surface area contributed by atoms with Crippen LogP contribution in [0.25, 0.3) is 0 Å². The van der Waals surface area contributed by atoms with Gasteiger partial charge >= 0.3 is 6.03 Å². The van der Waals surface area contributed by atoms with Crippen molar-refractivity contribution in [2.45, 2.75) is 25.8 Å². The molecule has 1 saturated heterocycles. The topological polar surface area (TPSA) is 105 Å². The third kappa shape index (κ3) is 3.94. The van der Waals surface area contributed by atoms with Gasteiger partial charge in [-0.15, -0.1) is 0 Å². The minimum atomic E-state index is -3.22. The molecule has 1 aliphatic rings. The molecule has 0 spiro atoms. The number of urea groups is 1. The Bertz CT molecular complexity index is 583. The van der Waals surface area contributed by atoms with Gasteiger partial charge in [-0.1, -0.05) is 5.16 Å². The van der Waals surface area contributed by atoms with Crippen LogP contribution in [0, 0.1) is 6.92 Å². The molecule has 2 rings (SSSR count). The number of rotatable bonds is 3. The van der Waals surface area contributed by atoms with E-state index < -0.39 is 16.1 Å². The minimum Gasteiger partial charge on any atom is -0.360 e. The molecule has 20 heavy (non-hydrogen) atoms. The predicted molar refractivity (Wildman–Crippen MR) is 72.8 cm³/mol. The van der Waals surface area contributed by atoms with Crippen molar-refractivity contribution in [1.29, 1.82) is 0 Å². The Hall–Kier alpha value is -1.61. The van der Waals surface area contributed by atoms with Crippen LogP contribution < -0.4 is 10.6 Å². The van der Waals surface area contributed by atoms with Crippen molar-refractivity contribution in [2.24, 2.45) is 0 Å². The Balaban J connectivity index is 1.88. The number of amides is 2. The van der Waals surface area contributed by atoms with E-state index in [1.165, 1.54) is 10.6 Å². The molecule has 0 saturated carbocycles. The Morgan fingerprint density at radius 3 is 2.90 bits per heavy atom. The van der Waals surface area contributed by atoms with Gasteiger partial charge in [0.05, 0.1) is 6.26 Å². The number of aromatic nitrogens is 1. The van der Waals surface area contributed by atoms with E-state index in [0.29, 0.717) is 24.7 Å². The highest BCUT2D eigenvalue weighted by Gasteiger charge is 2.26. The standard InChI is InChI=1S/C11H18N4O4S/c1-8-6-10(14-19-8)13-11(16)12-9-4-3-5-15(7-9)20(2,17)18/h6,9H,3-5,7H2,1-2H3,(H2,12,13,14,16)/t9-/m0/s1. The number of nitrogens with one attached hydrogen (secondary N) is 2. The van der Waals surface area contributed by atoms with E-state index in [0.717, 1.165) is 12.8 Å². The Kier molecular flexibility index (Phi) is 4.29. The SMILES string of the molecule is Cc1cc(NC(=O)N[C@H]2CCCN(S(C)(=O)=O)C2)no1. The summed E-state index contributed by atoms with van der Waals surface area (Å²) >= 11 is 0. The molecule has 2 heterocycles. The number of carbonyl (C=O) groups is 1. The summed E-state index contributed by atoms with van der Waals surface area (Å²) in [5.74, 6) is 0.928. The van der Waals surface area contributed by atoms with Gasteiger partial charge in [0.25, 0.3) is 0 Å². The smallest absolute Gasteiger partial charge is 0.320 e. The summed E-state index contributed by atoms with van der Waals surface area (Å²) in [4.78, 5) is 11.8. The second kappa shape index (κ2) is 5.80. The van der Waals surface area contributed by atoms with Crippen LogP contribution in [-0.2, 0) is 10.0 Å². The van der Waals surface area contributed by atoms with Crippen LogP contribution in [0.15, 0.2) is 10.6 Å². The zero-order chi connectivity index (χ0) is 14.8. The molecular formula is C11H18N4O4S. The van der Waals surface area contributed by atoms with E-state index in [4.69, 9.17) is 4.52 Å². The van der Waals surface area contributed by atoms with Gasteiger partial charge in [-0.05, 0) is 19.8 Å². The molecule has 1 atom stereocenters. The average Bonchev–Trinajstić information content (AvgIpc) is 2.73. The van der Waals surface area contributed by atoms with Crippen LogP contribution in [0.5, 0.6) is 0 Å². The van der Waals surface area contributed by atoms with E-state index in [2.05, 4.69) is 15.8 Å². The summed E-state index contributed by atoms with van der Waals surface area (Å²) in [7, 11) is -3.22. The number of piperidine rings is 1. The highest BCUT2D eigenvalue weighted by atomic mass is 32.2. The largest absolute Gasteiger partial charge is 0.360 e. The van der Waals surface area contributed by atoms with Crippen molar-refractivity contribution in [3.8, 4) is 0 Å². The quantitative estimate of drug-likeness (QED) is 0.847. The second-order valence-electron chi connectivity index (χ2n) is 4.88. The van der Waals surface area contributed by atoms with E-state index in [1.807, 2.05) is 0 Å². The first-order valence-corrected chi connectivity index (χ1v) is 8.15. The fourth-order valence-corrected chi connectivity index (χ4v) is 3.04. The lowest BCUT2D eigenvalue weighted by molar-refractivity contribution is 0.236. The molecular weight excluding hydrogens is 284 g/mol. The van der Waals surface area contributed by atoms with Crippen molar-refractivity contribution < 1.29 is 17.7 Å². The summed E-state index contributed by atoms with van der Waals surface area (Å²) < 4.78 is 29.2. The first-order chi connectivity index (χ1) is 9.34. The molecule has 0 aliphatic carbocycles. The first-order valence-electron chi connectivity index (χ1n) is 6.30. The lowest BCUT2D eigenvalue weighted by Crippen LogP contribution is -2.50. The third-order valence-electron chi connectivity index (χ3n) is 3.06. The van der Waals surface area contributed by atoms with Gasteiger partial charge in [0, 0.05) is 25.2 Å². The van der Waals surface area contributed by atoms with E-state index >= 15 is 0 Å². The number of hydrogen-bond acceptors (Lipinski definition) is 5. The number of aryl methyl sites for hydroxylation is 1. The molecule has 8 nitrogen and oxygen atoms in total. The molecule has 1 aliphatic heterocycles. The van der Waals surface area contributed by atoms with Gasteiger partial charge in [-0.2, -0.15) is 0 Å². The van der Waals surface area contributed by atoms with Crippen LogP contribution in [0.4, 0.5) is 10.6 Å². The summed E-state index contributed by atoms with van der Waals surface area (Å²) in [6, 6.07) is 0.980. The zero-order valence-electron chi connectivity index (χ0n) is 11.4. The van der Waals surface area contributed by atoms with Gasteiger partial charge < -0.3 is 9.84 Å². The molecule has 112 valence electrons. The number of nitrogens with zero attached hydrogens (tertiary/aromatic N) is 2. The highest BCUT2D eigenvalue weighted by molar-refractivity contribution is 7.88. The number of sulfonamides is 1. The summed E-state index contributed by atoms with van der Waals surface area (Å²) in [5, 5.41) is 8.93.